The Morgan fingerprint density at radius 1 is 0.938 bits per heavy atom. The minimum absolute atomic E-state index is 0.0168. The highest BCUT2D eigenvalue weighted by molar-refractivity contribution is 7.92. The Morgan fingerprint density at radius 3 is 2.19 bits per heavy atom. The van der Waals surface area contributed by atoms with Gasteiger partial charge in [-0.1, -0.05) is 30.3 Å². The number of aromatic hydroxyl groups is 2. The molecule has 0 radical (unpaired) electrons. The smallest absolute Gasteiger partial charge is 0.229 e. The predicted octanol–water partition coefficient (Wildman–Crippen LogP) is 2.84. The summed E-state index contributed by atoms with van der Waals surface area (Å²) in [5.41, 5.74) is 2.49. The Hall–Kier alpha value is -3.27. The number of hydrogen-bond acceptors (Lipinski definition) is 7. The number of rotatable bonds is 10. The number of ether oxygens (including phenoxy) is 1. The molecule has 0 saturated carbocycles. The van der Waals surface area contributed by atoms with E-state index in [1.807, 2.05) is 36.4 Å². The number of aliphatic hydroxyl groups excluding tert-OH is 1. The molecule has 3 aromatic carbocycles. The van der Waals surface area contributed by atoms with E-state index in [0.717, 1.165) is 17.4 Å². The third-order valence-electron chi connectivity index (χ3n) is 4.64. The van der Waals surface area contributed by atoms with Crippen LogP contribution in [-0.2, 0) is 10.0 Å². The summed E-state index contributed by atoms with van der Waals surface area (Å²) in [6, 6.07) is 18.8. The normalized spacial score (nSPS) is 12.3. The number of anilines is 1. The Balaban J connectivity index is 1.44. The van der Waals surface area contributed by atoms with Gasteiger partial charge in [-0.25, -0.2) is 8.42 Å². The highest BCUT2D eigenvalue weighted by Gasteiger charge is 2.12. The Labute approximate surface area is 187 Å². The van der Waals surface area contributed by atoms with Crippen molar-refractivity contribution in [3.63, 3.8) is 0 Å². The molecular formula is C23H26N2O6S. The van der Waals surface area contributed by atoms with Crippen LogP contribution < -0.4 is 14.8 Å². The third kappa shape index (κ3) is 6.88. The van der Waals surface area contributed by atoms with Crippen LogP contribution in [0.3, 0.4) is 0 Å². The zero-order valence-corrected chi connectivity index (χ0v) is 18.3. The summed E-state index contributed by atoms with van der Waals surface area (Å²) in [6.45, 7) is 1.11. The molecule has 5 N–H and O–H groups in total. The second-order valence-corrected chi connectivity index (χ2v) is 9.04. The van der Waals surface area contributed by atoms with Crippen molar-refractivity contribution in [3.05, 3.63) is 72.3 Å². The van der Waals surface area contributed by atoms with Gasteiger partial charge in [-0.2, -0.15) is 0 Å². The molecule has 0 aliphatic heterocycles. The summed E-state index contributed by atoms with van der Waals surface area (Å²) in [6.07, 6.45) is 0.0955. The molecule has 0 saturated heterocycles. The Morgan fingerprint density at radius 2 is 1.56 bits per heavy atom. The number of phenols is 2. The van der Waals surface area contributed by atoms with Gasteiger partial charge < -0.3 is 25.4 Å². The summed E-state index contributed by atoms with van der Waals surface area (Å²) in [4.78, 5) is 0. The van der Waals surface area contributed by atoms with Crippen LogP contribution >= 0.6 is 0 Å². The van der Waals surface area contributed by atoms with Gasteiger partial charge in [-0.15, -0.1) is 0 Å². The number of phenolic OH excluding ortho intramolecular Hbond substituents is 2. The van der Waals surface area contributed by atoms with E-state index in [-0.39, 0.29) is 23.7 Å². The largest absolute Gasteiger partial charge is 0.508 e. The van der Waals surface area contributed by atoms with Crippen molar-refractivity contribution in [2.45, 2.75) is 6.10 Å². The lowest BCUT2D eigenvalue weighted by atomic mass is 10.1. The molecule has 0 aliphatic carbocycles. The van der Waals surface area contributed by atoms with Gasteiger partial charge in [0.05, 0.1) is 18.0 Å². The molecule has 9 heteroatoms. The molecule has 3 aromatic rings. The first-order valence-electron chi connectivity index (χ1n) is 9.93. The molecule has 32 heavy (non-hydrogen) atoms. The van der Waals surface area contributed by atoms with E-state index in [1.165, 1.54) is 18.2 Å². The van der Waals surface area contributed by atoms with Crippen LogP contribution in [0, 0.1) is 0 Å². The van der Waals surface area contributed by atoms with Gasteiger partial charge >= 0.3 is 0 Å². The second kappa shape index (κ2) is 10.4. The van der Waals surface area contributed by atoms with Gasteiger partial charge in [-0.05, 0) is 53.1 Å². The van der Waals surface area contributed by atoms with Gasteiger partial charge in [0.1, 0.15) is 23.9 Å². The monoisotopic (exact) mass is 458 g/mol. The zero-order valence-electron chi connectivity index (χ0n) is 17.5. The fourth-order valence-electron chi connectivity index (χ4n) is 3.04. The minimum atomic E-state index is -3.55. The highest BCUT2D eigenvalue weighted by Crippen LogP contribution is 2.28. The van der Waals surface area contributed by atoms with Gasteiger partial charge in [0.2, 0.25) is 10.0 Å². The maximum Gasteiger partial charge on any atom is 0.229 e. The summed E-state index contributed by atoms with van der Waals surface area (Å²) >= 11 is 0. The maximum absolute atomic E-state index is 11.4. The van der Waals surface area contributed by atoms with Gasteiger partial charge in [0.25, 0.3) is 0 Å². The van der Waals surface area contributed by atoms with Crippen LogP contribution in [0.2, 0.25) is 0 Å². The van der Waals surface area contributed by atoms with Crippen molar-refractivity contribution >= 4 is 15.7 Å². The molecule has 0 heterocycles. The van der Waals surface area contributed by atoms with Gasteiger partial charge in [0, 0.05) is 13.1 Å². The molecule has 0 spiro atoms. The molecule has 0 amide bonds. The second-order valence-electron chi connectivity index (χ2n) is 7.29. The zero-order chi connectivity index (χ0) is 23.1. The highest BCUT2D eigenvalue weighted by atomic mass is 32.2. The number of benzene rings is 3. The lowest BCUT2D eigenvalue weighted by Crippen LogP contribution is -2.26. The van der Waals surface area contributed by atoms with E-state index in [1.54, 1.807) is 12.1 Å². The molecule has 1 atom stereocenters. The number of aliphatic hydroxyl groups is 1. The average molecular weight is 459 g/mol. The van der Waals surface area contributed by atoms with Crippen LogP contribution in [0.5, 0.6) is 17.2 Å². The number of hydrogen-bond donors (Lipinski definition) is 5. The first-order chi connectivity index (χ1) is 15.2. The molecule has 0 unspecified atom stereocenters. The molecular weight excluding hydrogens is 432 g/mol. The van der Waals surface area contributed by atoms with E-state index in [2.05, 4.69) is 10.0 Å². The van der Waals surface area contributed by atoms with Crippen LogP contribution in [0.15, 0.2) is 66.7 Å². The van der Waals surface area contributed by atoms with Gasteiger partial charge in [-0.3, -0.25) is 4.72 Å². The van der Waals surface area contributed by atoms with Crippen LogP contribution in [0.25, 0.3) is 11.1 Å². The Kier molecular flexibility index (Phi) is 7.57. The van der Waals surface area contributed by atoms with E-state index < -0.39 is 16.1 Å². The Bertz CT molecular complexity index is 1130. The lowest BCUT2D eigenvalue weighted by molar-refractivity contribution is 0.172. The maximum atomic E-state index is 11.4. The van der Waals surface area contributed by atoms with Crippen molar-refractivity contribution in [3.8, 4) is 28.4 Å². The van der Waals surface area contributed by atoms with Crippen LogP contribution in [-0.4, -0.2) is 49.7 Å². The molecule has 0 aliphatic rings. The number of nitrogens with one attached hydrogen (secondary N) is 2. The molecule has 3 rings (SSSR count). The van der Waals surface area contributed by atoms with Crippen molar-refractivity contribution < 1.29 is 28.5 Å². The first-order valence-corrected chi connectivity index (χ1v) is 11.8. The summed E-state index contributed by atoms with van der Waals surface area (Å²) in [5.74, 6) is 0.719. The van der Waals surface area contributed by atoms with E-state index in [0.29, 0.717) is 24.5 Å². The molecule has 170 valence electrons. The SMILES string of the molecule is CS(=O)(=O)Nc1cc([C@@H](O)CNCCOc2ccc(-c3ccc(O)cc3)cc2)ccc1O. The van der Waals surface area contributed by atoms with E-state index in [9.17, 15) is 23.7 Å². The molecule has 0 bridgehead atoms. The third-order valence-corrected chi connectivity index (χ3v) is 5.23. The van der Waals surface area contributed by atoms with E-state index in [4.69, 9.17) is 4.74 Å². The summed E-state index contributed by atoms with van der Waals surface area (Å²) in [7, 11) is -3.55. The fourth-order valence-corrected chi connectivity index (χ4v) is 3.60. The van der Waals surface area contributed by atoms with Crippen LogP contribution in [0.4, 0.5) is 5.69 Å². The predicted molar refractivity (Wildman–Crippen MR) is 123 cm³/mol. The molecule has 8 nitrogen and oxygen atoms in total. The first kappa shape index (κ1) is 23.4. The molecule has 0 aromatic heterocycles. The summed E-state index contributed by atoms with van der Waals surface area (Å²) < 4.78 is 30.7. The molecule has 0 fully saturated rings. The fraction of sp³-hybridized carbons (Fsp3) is 0.217. The standard InChI is InChI=1S/C23H26N2O6S/c1-32(29,30)25-21-14-18(6-11-22(21)27)23(28)15-24-12-13-31-20-9-4-17(5-10-20)16-2-7-19(26)8-3-16/h2-11,14,23-28H,12-13,15H2,1H3/t23-/m0/s1. The van der Waals surface area contributed by atoms with Gasteiger partial charge in [0.15, 0.2) is 0 Å². The lowest BCUT2D eigenvalue weighted by Gasteiger charge is -2.15. The van der Waals surface area contributed by atoms with Crippen molar-refractivity contribution in [1.29, 1.82) is 0 Å². The average Bonchev–Trinajstić information content (AvgIpc) is 2.75. The van der Waals surface area contributed by atoms with Crippen molar-refractivity contribution in [2.75, 3.05) is 30.7 Å². The van der Waals surface area contributed by atoms with E-state index >= 15 is 0 Å². The van der Waals surface area contributed by atoms with Crippen molar-refractivity contribution in [1.82, 2.24) is 5.32 Å². The minimum Gasteiger partial charge on any atom is -0.508 e. The quantitative estimate of drug-likeness (QED) is 0.233. The summed E-state index contributed by atoms with van der Waals surface area (Å²) in [5, 5.41) is 32.6. The number of sulfonamides is 1. The van der Waals surface area contributed by atoms with Crippen LogP contribution in [0.1, 0.15) is 11.7 Å². The topological polar surface area (TPSA) is 128 Å². The van der Waals surface area contributed by atoms with Crippen molar-refractivity contribution in [2.24, 2.45) is 0 Å².